The molecule has 0 aromatic heterocycles. The van der Waals surface area contributed by atoms with Crippen LogP contribution in [0.15, 0.2) is 0 Å². The van der Waals surface area contributed by atoms with E-state index in [4.69, 9.17) is 0 Å². The van der Waals surface area contributed by atoms with Crippen molar-refractivity contribution in [3.05, 3.63) is 0 Å². The molecular formula is C10H52NP3. The largest absolute Gasteiger partial charge is 0.344 e. The zero-order chi connectivity index (χ0) is 0. The number of hydrogen-bond donors (Lipinski definition) is 1. The van der Waals surface area contributed by atoms with Gasteiger partial charge in [0.1, 0.15) is 0 Å². The third kappa shape index (κ3) is 1270. The lowest BCUT2D eigenvalue weighted by molar-refractivity contribution is 2.13. The average molecular weight is 279 g/mol. The Labute approximate surface area is 110 Å². The standard InChI is InChI=1S/10CH4.H3N.3H3P/h10*1H4;4*1H3. The van der Waals surface area contributed by atoms with Crippen LogP contribution < -0.4 is 6.15 Å². The van der Waals surface area contributed by atoms with Crippen LogP contribution in [0.1, 0.15) is 74.3 Å². The molecule has 0 aliphatic carbocycles. The fourth-order valence-electron chi connectivity index (χ4n) is 0. The molecule has 0 amide bonds. The van der Waals surface area contributed by atoms with Gasteiger partial charge in [0.05, 0.1) is 0 Å². The van der Waals surface area contributed by atoms with Crippen molar-refractivity contribution in [3.63, 3.8) is 0 Å². The van der Waals surface area contributed by atoms with Gasteiger partial charge in [-0.25, -0.2) is 0 Å². The molecule has 1 nitrogen and oxygen atoms in total. The SMILES string of the molecule is C.C.C.C.C.C.C.C.C.C.N.P.P.P. The Kier molecular flexibility index (Phi) is 227000. The van der Waals surface area contributed by atoms with E-state index < -0.39 is 0 Å². The number of hydrogen-bond acceptors (Lipinski definition) is 1. The normalized spacial score (nSPS) is 0. The Bertz CT molecular complexity index is 15.3. The third-order valence-electron chi connectivity index (χ3n) is 0. The molecule has 0 aliphatic rings. The van der Waals surface area contributed by atoms with Crippen molar-refractivity contribution in [1.29, 1.82) is 0 Å². The Morgan fingerprint density at radius 3 is 0.214 bits per heavy atom. The molecule has 0 heterocycles. The van der Waals surface area contributed by atoms with Crippen LogP contribution in [0.3, 0.4) is 0 Å². The first-order valence-corrected chi connectivity index (χ1v) is 0. The molecule has 0 aromatic rings. The van der Waals surface area contributed by atoms with Gasteiger partial charge in [0.2, 0.25) is 0 Å². The highest BCUT2D eigenvalue weighted by molar-refractivity contribution is 6.92. The van der Waals surface area contributed by atoms with Crippen LogP contribution in [-0.4, -0.2) is 0 Å². The van der Waals surface area contributed by atoms with Gasteiger partial charge in [-0.15, -0.1) is 0 Å². The molecule has 3 N–H and O–H groups in total. The molecule has 14 heavy (non-hydrogen) atoms. The molecule has 0 spiro atoms. The van der Waals surface area contributed by atoms with Gasteiger partial charge < -0.3 is 6.15 Å². The van der Waals surface area contributed by atoms with Crippen molar-refractivity contribution < 1.29 is 0 Å². The molecular weight excluding hydrogens is 227 g/mol. The fraction of sp³-hybridized carbons (Fsp3) is 1.00. The molecule has 0 saturated heterocycles. The molecule has 0 aromatic carbocycles. The Balaban J connectivity index is 0. The van der Waals surface area contributed by atoms with Crippen LogP contribution in [-0.2, 0) is 0 Å². The summed E-state index contributed by atoms with van der Waals surface area (Å²) < 4.78 is 0. The highest BCUT2D eigenvalue weighted by Gasteiger charge is -0.0682. The molecule has 0 rings (SSSR count). The summed E-state index contributed by atoms with van der Waals surface area (Å²) in [4.78, 5) is 0. The summed E-state index contributed by atoms with van der Waals surface area (Å²) in [6.07, 6.45) is 0. The van der Waals surface area contributed by atoms with Crippen LogP contribution in [0.4, 0.5) is 0 Å². The molecule has 0 radical (unpaired) electrons. The molecule has 0 fully saturated rings. The van der Waals surface area contributed by atoms with E-state index in [0.717, 1.165) is 0 Å². The van der Waals surface area contributed by atoms with Crippen LogP contribution in [0.25, 0.3) is 0 Å². The smallest absolute Gasteiger partial charge is 0.0776 e. The van der Waals surface area contributed by atoms with Crippen molar-refractivity contribution in [2.45, 2.75) is 74.3 Å². The summed E-state index contributed by atoms with van der Waals surface area (Å²) in [6.45, 7) is 0. The van der Waals surface area contributed by atoms with Crippen molar-refractivity contribution >= 4 is 29.7 Å². The Morgan fingerprint density at radius 2 is 0.214 bits per heavy atom. The average Bonchev–Trinajstić information content (AvgIpc) is 0. The van der Waals surface area contributed by atoms with Crippen molar-refractivity contribution in [3.8, 4) is 0 Å². The zero-order valence-corrected chi connectivity index (χ0v) is 7.07. The summed E-state index contributed by atoms with van der Waals surface area (Å²) in [7, 11) is 0. The van der Waals surface area contributed by atoms with E-state index in [1.807, 2.05) is 0 Å². The summed E-state index contributed by atoms with van der Waals surface area (Å²) >= 11 is 0. The minimum atomic E-state index is 0. The van der Waals surface area contributed by atoms with Gasteiger partial charge in [-0.2, -0.15) is 29.7 Å². The monoisotopic (exact) mass is 279 g/mol. The highest BCUT2D eigenvalue weighted by Crippen LogP contribution is 0.863. The predicted octanol–water partition coefficient (Wildman–Crippen LogP) is 6.70. The summed E-state index contributed by atoms with van der Waals surface area (Å²) in [5.41, 5.74) is 0. The van der Waals surface area contributed by atoms with E-state index in [0.29, 0.717) is 0 Å². The van der Waals surface area contributed by atoms with E-state index in [9.17, 15) is 0 Å². The number of rotatable bonds is 0. The molecule has 3 atom stereocenters. The molecule has 112 valence electrons. The quantitative estimate of drug-likeness (QED) is 0.492. The van der Waals surface area contributed by atoms with Crippen LogP contribution in [0, 0.1) is 0 Å². The van der Waals surface area contributed by atoms with E-state index in [-0.39, 0.29) is 110 Å². The van der Waals surface area contributed by atoms with Gasteiger partial charge in [-0.05, 0) is 0 Å². The van der Waals surface area contributed by atoms with Gasteiger partial charge in [0, 0.05) is 0 Å². The summed E-state index contributed by atoms with van der Waals surface area (Å²) in [6, 6.07) is 0. The molecule has 0 bridgehead atoms. The molecule has 4 heteroatoms. The zero-order valence-electron chi connectivity index (χ0n) is 2.83. The summed E-state index contributed by atoms with van der Waals surface area (Å²) in [5.74, 6) is 0. The van der Waals surface area contributed by atoms with Crippen molar-refractivity contribution in [2.24, 2.45) is 0 Å². The second-order valence-electron chi connectivity index (χ2n) is 0. The topological polar surface area (TPSA) is 35.0 Å². The maximum Gasteiger partial charge on any atom is -0.0776 e. The van der Waals surface area contributed by atoms with E-state index in [2.05, 4.69) is 0 Å². The van der Waals surface area contributed by atoms with Gasteiger partial charge >= 0.3 is 0 Å². The predicted molar refractivity (Wildman–Crippen MR) is 106 cm³/mol. The molecule has 0 saturated carbocycles. The second kappa shape index (κ2) is 1600. The maximum atomic E-state index is 0. The highest BCUT2D eigenvalue weighted by atomic mass is 31.0. The lowest BCUT2D eigenvalue weighted by Crippen LogP contribution is -0.481. The lowest BCUT2D eigenvalue weighted by Gasteiger charge is -0.344. The van der Waals surface area contributed by atoms with Crippen molar-refractivity contribution in [2.75, 3.05) is 0 Å². The first-order valence-electron chi connectivity index (χ1n) is 0. The summed E-state index contributed by atoms with van der Waals surface area (Å²) in [5, 5.41) is 0. The minimum Gasteiger partial charge on any atom is -0.344 e. The van der Waals surface area contributed by atoms with E-state index >= 15 is 0 Å². The molecule has 3 unspecified atom stereocenters. The van der Waals surface area contributed by atoms with Gasteiger partial charge in [0.15, 0.2) is 0 Å². The third-order valence-corrected chi connectivity index (χ3v) is 0. The second-order valence-corrected chi connectivity index (χ2v) is 0. The first kappa shape index (κ1) is 1980. The fourth-order valence-corrected chi connectivity index (χ4v) is 0. The van der Waals surface area contributed by atoms with E-state index in [1.54, 1.807) is 0 Å². The van der Waals surface area contributed by atoms with Crippen LogP contribution >= 0.6 is 29.7 Å². The maximum absolute atomic E-state index is 0. The Hall–Kier alpha value is 1.25. The van der Waals surface area contributed by atoms with Crippen LogP contribution in [0.2, 0.25) is 0 Å². The van der Waals surface area contributed by atoms with Gasteiger partial charge in [-0.3, -0.25) is 0 Å². The first-order chi connectivity index (χ1) is 0. The van der Waals surface area contributed by atoms with E-state index in [1.165, 1.54) is 0 Å². The molecule has 0 aliphatic heterocycles. The van der Waals surface area contributed by atoms with Crippen molar-refractivity contribution in [1.82, 2.24) is 6.15 Å². The lowest BCUT2D eigenvalue weighted by atomic mass is 12.0. The van der Waals surface area contributed by atoms with Crippen LogP contribution in [0.5, 0.6) is 0 Å². The minimum absolute atomic E-state index is 0. The van der Waals surface area contributed by atoms with Gasteiger partial charge in [0.25, 0.3) is 0 Å². The Morgan fingerprint density at radius 1 is 0.214 bits per heavy atom. The van der Waals surface area contributed by atoms with Gasteiger partial charge in [-0.1, -0.05) is 74.3 Å².